The number of nitrogens with zero attached hydrogens (tertiary/aromatic N) is 4. The zero-order valence-electron chi connectivity index (χ0n) is 18.7. The second-order valence-corrected chi connectivity index (χ2v) is 11.0. The zero-order chi connectivity index (χ0) is 21.9. The molecule has 3 fully saturated rings. The molecule has 3 aliphatic rings. The molecule has 3 saturated carbocycles. The second kappa shape index (κ2) is 7.35. The molecule has 3 aromatic heterocycles. The number of thiazole rings is 1. The number of hydrogen-bond acceptors (Lipinski definition) is 8. The number of fused-ring (bicyclic) bond motifs is 1. The molecule has 3 aromatic rings. The van der Waals surface area contributed by atoms with Crippen molar-refractivity contribution in [3.8, 4) is 10.6 Å². The summed E-state index contributed by atoms with van der Waals surface area (Å²) in [6, 6.07) is 2.02. The summed E-state index contributed by atoms with van der Waals surface area (Å²) >= 11 is 1.65. The number of aromatic nitrogens is 4. The van der Waals surface area contributed by atoms with Gasteiger partial charge in [-0.05, 0) is 64.4 Å². The van der Waals surface area contributed by atoms with Crippen LogP contribution in [-0.4, -0.2) is 42.7 Å². The molecular formula is C24H30N6OS. The first kappa shape index (κ1) is 20.3. The minimum Gasteiger partial charge on any atom is -0.394 e. The van der Waals surface area contributed by atoms with E-state index in [1.165, 1.54) is 25.7 Å². The lowest BCUT2D eigenvalue weighted by molar-refractivity contribution is 0.214. The molecule has 0 aromatic carbocycles. The normalized spacial score (nSPS) is 21.1. The fourth-order valence-electron chi connectivity index (χ4n) is 5.32. The highest BCUT2D eigenvalue weighted by molar-refractivity contribution is 7.21. The first-order chi connectivity index (χ1) is 15.5. The molecule has 168 valence electrons. The van der Waals surface area contributed by atoms with E-state index in [4.69, 9.17) is 15.0 Å². The third-order valence-corrected chi connectivity index (χ3v) is 8.59. The van der Waals surface area contributed by atoms with Crippen LogP contribution in [0.15, 0.2) is 12.3 Å². The van der Waals surface area contributed by atoms with Gasteiger partial charge in [0.15, 0.2) is 0 Å². The van der Waals surface area contributed by atoms with Crippen LogP contribution in [0.2, 0.25) is 0 Å². The number of nitrogens with one attached hydrogen (secondary N) is 2. The number of aliphatic hydroxyl groups excluding tert-OH is 1. The maximum atomic E-state index is 10.3. The number of hydrogen-bond donors (Lipinski definition) is 3. The van der Waals surface area contributed by atoms with Crippen molar-refractivity contribution in [3.05, 3.63) is 23.7 Å². The molecule has 6 rings (SSSR count). The van der Waals surface area contributed by atoms with Gasteiger partial charge in [-0.1, -0.05) is 12.8 Å². The Hall–Kier alpha value is -2.32. The molecule has 0 spiro atoms. The molecule has 3 heterocycles. The second-order valence-electron chi connectivity index (χ2n) is 9.94. The number of pyridine rings is 1. The monoisotopic (exact) mass is 450 g/mol. The summed E-state index contributed by atoms with van der Waals surface area (Å²) in [5, 5.41) is 18.5. The Balaban J connectivity index is 1.45. The fraction of sp³-hybridized carbons (Fsp3) is 0.583. The topological polar surface area (TPSA) is 95.9 Å². The minimum atomic E-state index is -0.325. The molecule has 8 heteroatoms. The van der Waals surface area contributed by atoms with Gasteiger partial charge in [-0.25, -0.2) is 9.97 Å². The van der Waals surface area contributed by atoms with Gasteiger partial charge in [0.05, 0.1) is 33.8 Å². The van der Waals surface area contributed by atoms with Crippen molar-refractivity contribution in [2.24, 2.45) is 5.92 Å². The summed E-state index contributed by atoms with van der Waals surface area (Å²) < 4.78 is 1.11. The van der Waals surface area contributed by atoms with Gasteiger partial charge < -0.3 is 15.7 Å². The van der Waals surface area contributed by atoms with Gasteiger partial charge in [-0.2, -0.15) is 4.98 Å². The standard InChI is InChI=1S/C24H30N6OS/c1-14-18(21-27-19-15(2)25-12-7-17(19)32-21)20(29-23(13-31)8-3-4-9-23)28-22(26-14)30-24(10-11-24)16-5-6-16/h7,12,16,31H,3-6,8-11,13H2,1-2H3,(H2,26,28,29,30). The summed E-state index contributed by atoms with van der Waals surface area (Å²) in [5.74, 6) is 2.25. The van der Waals surface area contributed by atoms with Gasteiger partial charge >= 0.3 is 0 Å². The zero-order valence-corrected chi connectivity index (χ0v) is 19.6. The van der Waals surface area contributed by atoms with E-state index < -0.39 is 0 Å². The summed E-state index contributed by atoms with van der Waals surface area (Å²) in [4.78, 5) is 19.2. The van der Waals surface area contributed by atoms with Crippen LogP contribution in [0.5, 0.6) is 0 Å². The Morgan fingerprint density at radius 1 is 1.03 bits per heavy atom. The number of anilines is 2. The van der Waals surface area contributed by atoms with Crippen LogP contribution in [0, 0.1) is 19.8 Å². The predicted octanol–water partition coefficient (Wildman–Crippen LogP) is 4.84. The van der Waals surface area contributed by atoms with Gasteiger partial charge in [0, 0.05) is 11.7 Å². The highest BCUT2D eigenvalue weighted by Gasteiger charge is 2.54. The van der Waals surface area contributed by atoms with Gasteiger partial charge in [-0.3, -0.25) is 4.98 Å². The van der Waals surface area contributed by atoms with E-state index in [0.717, 1.165) is 69.6 Å². The van der Waals surface area contributed by atoms with Crippen molar-refractivity contribution in [1.82, 2.24) is 19.9 Å². The molecule has 0 saturated heterocycles. The Morgan fingerprint density at radius 3 is 2.47 bits per heavy atom. The first-order valence-corrected chi connectivity index (χ1v) is 12.6. The smallest absolute Gasteiger partial charge is 0.225 e. The average molecular weight is 451 g/mol. The molecule has 0 atom stereocenters. The molecular weight excluding hydrogens is 420 g/mol. The van der Waals surface area contributed by atoms with E-state index in [0.29, 0.717) is 5.95 Å². The lowest BCUT2D eigenvalue weighted by Gasteiger charge is -2.30. The Kier molecular flexibility index (Phi) is 4.66. The third-order valence-electron chi connectivity index (χ3n) is 7.55. The van der Waals surface area contributed by atoms with Crippen LogP contribution in [-0.2, 0) is 0 Å². The van der Waals surface area contributed by atoms with Crippen molar-refractivity contribution in [3.63, 3.8) is 0 Å². The van der Waals surface area contributed by atoms with E-state index in [2.05, 4.69) is 15.6 Å². The third kappa shape index (κ3) is 3.44. The van der Waals surface area contributed by atoms with E-state index in [1.807, 2.05) is 26.1 Å². The lowest BCUT2D eigenvalue weighted by Crippen LogP contribution is -2.39. The van der Waals surface area contributed by atoms with Crippen molar-refractivity contribution in [2.75, 3.05) is 17.2 Å². The molecule has 0 bridgehead atoms. The molecule has 3 aliphatic carbocycles. The SMILES string of the molecule is Cc1nc(NC2(C3CC3)CC2)nc(NC2(CO)CCCC2)c1-c1nc2c(C)nccc2s1. The summed E-state index contributed by atoms with van der Waals surface area (Å²) in [7, 11) is 0. The maximum absolute atomic E-state index is 10.3. The van der Waals surface area contributed by atoms with Crippen LogP contribution in [0.4, 0.5) is 11.8 Å². The summed E-state index contributed by atoms with van der Waals surface area (Å²) in [6.07, 6.45) is 11.0. The van der Waals surface area contributed by atoms with Gasteiger partial charge in [-0.15, -0.1) is 11.3 Å². The molecule has 0 aliphatic heterocycles. The summed E-state index contributed by atoms with van der Waals surface area (Å²) in [6.45, 7) is 4.14. The first-order valence-electron chi connectivity index (χ1n) is 11.8. The van der Waals surface area contributed by atoms with Gasteiger partial charge in [0.25, 0.3) is 0 Å². The maximum Gasteiger partial charge on any atom is 0.225 e. The van der Waals surface area contributed by atoms with Crippen molar-refractivity contribution < 1.29 is 5.11 Å². The average Bonchev–Trinajstić information content (AvgIpc) is 3.67. The van der Waals surface area contributed by atoms with Crippen molar-refractivity contribution in [2.45, 2.75) is 76.3 Å². The minimum absolute atomic E-state index is 0.104. The quantitative estimate of drug-likeness (QED) is 0.474. The largest absolute Gasteiger partial charge is 0.394 e. The summed E-state index contributed by atoms with van der Waals surface area (Å²) in [5.41, 5.74) is 3.59. The van der Waals surface area contributed by atoms with E-state index >= 15 is 0 Å². The molecule has 7 nitrogen and oxygen atoms in total. The fourth-order valence-corrected chi connectivity index (χ4v) is 6.43. The predicted molar refractivity (Wildman–Crippen MR) is 128 cm³/mol. The Labute approximate surface area is 192 Å². The molecule has 3 N–H and O–H groups in total. The Morgan fingerprint density at radius 2 is 1.81 bits per heavy atom. The highest BCUT2D eigenvalue weighted by atomic mass is 32.1. The van der Waals surface area contributed by atoms with Crippen LogP contribution < -0.4 is 10.6 Å². The van der Waals surface area contributed by atoms with Gasteiger partial charge in [0.2, 0.25) is 5.95 Å². The number of rotatable bonds is 7. The van der Waals surface area contributed by atoms with Crippen LogP contribution >= 0.6 is 11.3 Å². The number of aryl methyl sites for hydroxylation is 2. The molecule has 0 radical (unpaired) electrons. The number of aliphatic hydroxyl groups is 1. The van der Waals surface area contributed by atoms with Crippen molar-refractivity contribution >= 4 is 33.3 Å². The molecule has 0 amide bonds. The van der Waals surface area contributed by atoms with E-state index in [1.54, 1.807) is 11.3 Å². The van der Waals surface area contributed by atoms with Crippen LogP contribution in [0.25, 0.3) is 20.8 Å². The van der Waals surface area contributed by atoms with Gasteiger partial charge in [0.1, 0.15) is 16.3 Å². The molecule has 32 heavy (non-hydrogen) atoms. The Bertz CT molecular complexity index is 1180. The molecule has 0 unspecified atom stereocenters. The van der Waals surface area contributed by atoms with Crippen molar-refractivity contribution in [1.29, 1.82) is 0 Å². The lowest BCUT2D eigenvalue weighted by atomic mass is 9.98. The highest BCUT2D eigenvalue weighted by Crippen LogP contribution is 2.55. The van der Waals surface area contributed by atoms with Crippen LogP contribution in [0.1, 0.15) is 62.8 Å². The van der Waals surface area contributed by atoms with E-state index in [-0.39, 0.29) is 17.7 Å². The van der Waals surface area contributed by atoms with E-state index in [9.17, 15) is 5.11 Å². The van der Waals surface area contributed by atoms with Crippen LogP contribution in [0.3, 0.4) is 0 Å².